The van der Waals surface area contributed by atoms with Crippen molar-refractivity contribution in [3.05, 3.63) is 109 Å². The molecule has 4 heteroatoms. The van der Waals surface area contributed by atoms with Gasteiger partial charge < -0.3 is 9.76 Å². The Balaban J connectivity index is 1.43. The number of hydrogen-bond donors (Lipinski definition) is 1. The molecule has 3 nitrogen and oxygen atoms in total. The van der Waals surface area contributed by atoms with Crippen LogP contribution in [0.2, 0.25) is 0 Å². The highest BCUT2D eigenvalue weighted by molar-refractivity contribution is 6.47. The molecule has 7 aromatic rings. The van der Waals surface area contributed by atoms with E-state index >= 15 is 0 Å². The lowest BCUT2D eigenvalue weighted by atomic mass is 9.82. The zero-order valence-electron chi connectivity index (χ0n) is 23.8. The summed E-state index contributed by atoms with van der Waals surface area (Å²) >= 11 is 0. The Morgan fingerprint density at radius 2 is 1.17 bits per heavy atom. The molecule has 199 valence electrons. The Labute approximate surface area is 240 Å². The molecule has 1 N–H and O–H groups in total. The van der Waals surface area contributed by atoms with Crippen LogP contribution in [0, 0.1) is 0 Å². The van der Waals surface area contributed by atoms with Crippen LogP contribution < -0.4 is 5.46 Å². The van der Waals surface area contributed by atoms with E-state index in [4.69, 9.17) is 9.64 Å². The van der Waals surface area contributed by atoms with E-state index in [9.17, 15) is 5.11 Å². The molecular weight excluding hydrogens is 501 g/mol. The van der Waals surface area contributed by atoms with Gasteiger partial charge in [-0.15, -0.1) is 0 Å². The van der Waals surface area contributed by atoms with Crippen molar-refractivity contribution < 1.29 is 9.76 Å². The second-order valence-corrected chi connectivity index (χ2v) is 11.9. The first-order chi connectivity index (χ1) is 19.7. The average Bonchev–Trinajstić information content (AvgIpc) is 2.98. The normalized spacial score (nSPS) is 12.6. The Bertz CT molecular complexity index is 2120. The SMILES string of the molecule is CC(C)(O)C(C)(C)O[B]c1ccc2cc(-c3nc4ccccc4c4c5ccccc5c5ccccc5c34)ccc2c1. The van der Waals surface area contributed by atoms with Crippen LogP contribution in [0.4, 0.5) is 0 Å². The van der Waals surface area contributed by atoms with Gasteiger partial charge in [0.2, 0.25) is 0 Å². The number of rotatable bonds is 5. The number of pyridine rings is 1. The topological polar surface area (TPSA) is 42.4 Å². The van der Waals surface area contributed by atoms with Crippen LogP contribution in [0.15, 0.2) is 109 Å². The van der Waals surface area contributed by atoms with Crippen molar-refractivity contribution in [2.75, 3.05) is 0 Å². The van der Waals surface area contributed by atoms with Crippen molar-refractivity contribution in [3.8, 4) is 11.3 Å². The monoisotopic (exact) mass is 532 g/mol. The van der Waals surface area contributed by atoms with E-state index in [1.165, 1.54) is 37.7 Å². The Kier molecular flexibility index (Phi) is 5.90. The molecule has 0 saturated heterocycles. The van der Waals surface area contributed by atoms with Gasteiger partial charge in [-0.25, -0.2) is 4.98 Å². The maximum Gasteiger partial charge on any atom is 0.330 e. The minimum absolute atomic E-state index is 0.721. The van der Waals surface area contributed by atoms with Crippen molar-refractivity contribution >= 4 is 66.9 Å². The molecule has 1 radical (unpaired) electrons. The van der Waals surface area contributed by atoms with Gasteiger partial charge >= 0.3 is 7.48 Å². The minimum atomic E-state index is -0.972. The third-order valence-electron chi connectivity index (χ3n) is 8.68. The van der Waals surface area contributed by atoms with Gasteiger partial charge in [0.05, 0.1) is 22.4 Å². The molecule has 0 bridgehead atoms. The molecule has 41 heavy (non-hydrogen) atoms. The second kappa shape index (κ2) is 9.41. The number of nitrogens with zero attached hydrogens (tertiary/aromatic N) is 1. The molecule has 0 spiro atoms. The molecule has 6 aromatic carbocycles. The van der Waals surface area contributed by atoms with Crippen molar-refractivity contribution in [1.82, 2.24) is 4.98 Å². The second-order valence-electron chi connectivity index (χ2n) is 11.9. The third kappa shape index (κ3) is 4.26. The van der Waals surface area contributed by atoms with Gasteiger partial charge in [0, 0.05) is 21.7 Å². The average molecular weight is 532 g/mol. The van der Waals surface area contributed by atoms with Gasteiger partial charge in [0.25, 0.3) is 0 Å². The molecule has 0 aliphatic heterocycles. The van der Waals surface area contributed by atoms with Crippen LogP contribution in [-0.4, -0.2) is 28.8 Å². The van der Waals surface area contributed by atoms with Gasteiger partial charge in [-0.2, -0.15) is 0 Å². The number of aliphatic hydroxyl groups is 1. The molecule has 0 saturated carbocycles. The highest BCUT2D eigenvalue weighted by atomic mass is 16.5. The molecule has 0 fully saturated rings. The fourth-order valence-corrected chi connectivity index (χ4v) is 5.68. The van der Waals surface area contributed by atoms with E-state index in [0.717, 1.165) is 33.0 Å². The van der Waals surface area contributed by atoms with Gasteiger partial charge in [0.1, 0.15) is 0 Å². The summed E-state index contributed by atoms with van der Waals surface area (Å²) in [6.45, 7) is 7.31. The summed E-state index contributed by atoms with van der Waals surface area (Å²) in [4.78, 5) is 5.28. The number of hydrogen-bond acceptors (Lipinski definition) is 3. The van der Waals surface area contributed by atoms with Crippen LogP contribution >= 0.6 is 0 Å². The Morgan fingerprint density at radius 3 is 1.85 bits per heavy atom. The first kappa shape index (κ1) is 25.7. The fourth-order valence-electron chi connectivity index (χ4n) is 5.68. The standard InChI is InChI=1S/C37H31BNO2/c1-36(2,40)37(3,4)41-38-26-20-19-23-21-25(18-17-24(23)22-26)35-34-30-14-8-6-12-28(30)27-11-5-7-13-29(27)33(34)31-15-9-10-16-32(31)39-35/h5-22,40H,1-4H3. The molecule has 0 aliphatic carbocycles. The van der Waals surface area contributed by atoms with Crippen LogP contribution in [0.25, 0.3) is 65.3 Å². The maximum absolute atomic E-state index is 10.4. The molecule has 0 aliphatic rings. The molecule has 1 heterocycles. The van der Waals surface area contributed by atoms with E-state index < -0.39 is 11.2 Å². The summed E-state index contributed by atoms with van der Waals surface area (Å²) in [6, 6.07) is 38.7. The van der Waals surface area contributed by atoms with E-state index in [1.807, 2.05) is 13.8 Å². The summed E-state index contributed by atoms with van der Waals surface area (Å²) in [5.41, 5.74) is 2.33. The van der Waals surface area contributed by atoms with E-state index in [1.54, 1.807) is 21.3 Å². The van der Waals surface area contributed by atoms with Crippen LogP contribution in [0.1, 0.15) is 27.7 Å². The highest BCUT2D eigenvalue weighted by Crippen LogP contribution is 2.42. The van der Waals surface area contributed by atoms with Crippen molar-refractivity contribution in [2.45, 2.75) is 38.9 Å². The predicted molar refractivity (Wildman–Crippen MR) is 174 cm³/mol. The lowest BCUT2D eigenvalue weighted by Crippen LogP contribution is -2.49. The van der Waals surface area contributed by atoms with E-state index in [-0.39, 0.29) is 0 Å². The summed E-state index contributed by atoms with van der Waals surface area (Å²) < 4.78 is 6.00. The van der Waals surface area contributed by atoms with Crippen molar-refractivity contribution in [1.29, 1.82) is 0 Å². The first-order valence-electron chi connectivity index (χ1n) is 14.1. The summed E-state index contributed by atoms with van der Waals surface area (Å²) in [7, 11) is 1.74. The zero-order chi connectivity index (χ0) is 28.4. The molecule has 0 atom stereocenters. The van der Waals surface area contributed by atoms with Crippen molar-refractivity contribution in [3.63, 3.8) is 0 Å². The van der Waals surface area contributed by atoms with Crippen LogP contribution in [0.3, 0.4) is 0 Å². The molecular formula is C37H31BNO2. The molecule has 1 aromatic heterocycles. The van der Waals surface area contributed by atoms with E-state index in [2.05, 4.69) is 109 Å². The van der Waals surface area contributed by atoms with Gasteiger partial charge in [-0.3, -0.25) is 0 Å². The lowest BCUT2D eigenvalue weighted by molar-refractivity contribution is -0.0893. The third-order valence-corrected chi connectivity index (χ3v) is 8.68. The first-order valence-corrected chi connectivity index (χ1v) is 14.1. The number of aromatic nitrogens is 1. The Hall–Kier alpha value is -4.25. The fraction of sp³-hybridized carbons (Fsp3) is 0.162. The summed E-state index contributed by atoms with van der Waals surface area (Å²) in [5, 5.41) is 21.3. The quantitative estimate of drug-likeness (QED) is 0.179. The van der Waals surface area contributed by atoms with Gasteiger partial charge in [0.15, 0.2) is 0 Å². The van der Waals surface area contributed by atoms with E-state index in [0.29, 0.717) is 0 Å². The molecule has 0 unspecified atom stereocenters. The predicted octanol–water partition coefficient (Wildman–Crippen LogP) is 8.33. The largest absolute Gasteiger partial charge is 0.427 e. The zero-order valence-corrected chi connectivity index (χ0v) is 23.8. The summed E-state index contributed by atoms with van der Waals surface area (Å²) in [6.07, 6.45) is 0. The van der Waals surface area contributed by atoms with Gasteiger partial charge in [-0.1, -0.05) is 103 Å². The number of fused-ring (bicyclic) bond motifs is 9. The molecule has 7 rings (SSSR count). The van der Waals surface area contributed by atoms with Crippen LogP contribution in [-0.2, 0) is 4.65 Å². The van der Waals surface area contributed by atoms with Gasteiger partial charge in [-0.05, 0) is 72.1 Å². The minimum Gasteiger partial charge on any atom is -0.427 e. The molecule has 0 amide bonds. The van der Waals surface area contributed by atoms with Crippen LogP contribution in [0.5, 0.6) is 0 Å². The maximum atomic E-state index is 10.4. The number of benzene rings is 6. The lowest BCUT2D eigenvalue weighted by Gasteiger charge is -2.37. The Morgan fingerprint density at radius 1 is 0.610 bits per heavy atom. The van der Waals surface area contributed by atoms with Crippen molar-refractivity contribution in [2.24, 2.45) is 0 Å². The smallest absolute Gasteiger partial charge is 0.330 e. The number of para-hydroxylation sites is 1. The summed E-state index contributed by atoms with van der Waals surface area (Å²) in [5.74, 6) is 0. The highest BCUT2D eigenvalue weighted by Gasteiger charge is 2.35.